The van der Waals surface area contributed by atoms with Crippen LogP contribution in [0.1, 0.15) is 16.7 Å². The largest absolute Gasteiger partial charge is 0.326 e. The quantitative estimate of drug-likeness (QED) is 0.749. The smallest absolute Gasteiger partial charge is 0.247 e. The molecular weight excluding hydrogens is 368 g/mol. The van der Waals surface area contributed by atoms with Gasteiger partial charge in [-0.3, -0.25) is 9.59 Å². The van der Waals surface area contributed by atoms with Gasteiger partial charge < -0.3 is 10.6 Å². The van der Waals surface area contributed by atoms with Crippen molar-refractivity contribution >= 4 is 39.1 Å². The zero-order valence-corrected chi connectivity index (χ0v) is 15.2. The molecule has 0 heterocycles. The molecule has 2 rings (SSSR count). The first-order valence-corrected chi connectivity index (χ1v) is 8.28. The highest BCUT2D eigenvalue weighted by Crippen LogP contribution is 2.26. The Balaban J connectivity index is 2.01. The molecule has 0 aliphatic carbocycles. The van der Waals surface area contributed by atoms with Gasteiger partial charge in [0.1, 0.15) is 0 Å². The van der Waals surface area contributed by atoms with Gasteiger partial charge in [0, 0.05) is 15.8 Å². The molecule has 2 aromatic carbocycles. The van der Waals surface area contributed by atoms with Crippen LogP contribution < -0.4 is 10.6 Å². The van der Waals surface area contributed by atoms with E-state index < -0.39 is 0 Å². The number of amides is 2. The second kappa shape index (κ2) is 7.93. The molecule has 124 valence electrons. The van der Waals surface area contributed by atoms with E-state index in [1.165, 1.54) is 6.08 Å². The molecule has 0 fully saturated rings. The lowest BCUT2D eigenvalue weighted by atomic mass is 10.1. The highest BCUT2D eigenvalue weighted by molar-refractivity contribution is 9.10. The average molecular weight is 387 g/mol. The Bertz CT molecular complexity index is 783. The summed E-state index contributed by atoms with van der Waals surface area (Å²) in [7, 11) is 0. The maximum Gasteiger partial charge on any atom is 0.247 e. The number of carbonyl (C=O) groups excluding carboxylic acids is 2. The van der Waals surface area contributed by atoms with E-state index in [1.807, 2.05) is 38.1 Å². The monoisotopic (exact) mass is 386 g/mol. The second-order valence-corrected chi connectivity index (χ2v) is 6.31. The van der Waals surface area contributed by atoms with Gasteiger partial charge in [0.2, 0.25) is 11.8 Å². The first-order chi connectivity index (χ1) is 11.4. The van der Waals surface area contributed by atoms with Crippen LogP contribution in [0.3, 0.4) is 0 Å². The number of carbonyl (C=O) groups is 2. The predicted molar refractivity (Wildman–Crippen MR) is 101 cm³/mol. The van der Waals surface area contributed by atoms with E-state index in [2.05, 4.69) is 33.1 Å². The standard InChI is InChI=1S/C19H19BrN2O2/c1-4-18(23)21-15-7-5-14(6-8-15)11-19(24)22-17-10-9-16(20)12(2)13(17)3/h4-10H,1,11H2,2-3H3,(H,21,23)(H,22,24). The number of halogens is 1. The molecule has 4 nitrogen and oxygen atoms in total. The second-order valence-electron chi connectivity index (χ2n) is 5.46. The molecular formula is C19H19BrN2O2. The van der Waals surface area contributed by atoms with Crippen molar-refractivity contribution < 1.29 is 9.59 Å². The number of rotatable bonds is 5. The molecule has 2 amide bonds. The third-order valence-electron chi connectivity index (χ3n) is 3.77. The van der Waals surface area contributed by atoms with E-state index in [9.17, 15) is 9.59 Å². The Morgan fingerprint density at radius 1 is 1.04 bits per heavy atom. The summed E-state index contributed by atoms with van der Waals surface area (Å²) < 4.78 is 1.02. The van der Waals surface area contributed by atoms with Gasteiger partial charge in [-0.05, 0) is 60.9 Å². The minimum absolute atomic E-state index is 0.0808. The molecule has 0 bridgehead atoms. The lowest BCUT2D eigenvalue weighted by Gasteiger charge is -2.12. The number of hydrogen-bond acceptors (Lipinski definition) is 2. The van der Waals surface area contributed by atoms with Crippen LogP contribution in [0.25, 0.3) is 0 Å². The Hall–Kier alpha value is -2.40. The first kappa shape index (κ1) is 17.9. The molecule has 2 N–H and O–H groups in total. The number of benzene rings is 2. The molecule has 0 atom stereocenters. The van der Waals surface area contributed by atoms with Crippen molar-refractivity contribution in [2.24, 2.45) is 0 Å². The van der Waals surface area contributed by atoms with Crippen molar-refractivity contribution in [1.82, 2.24) is 0 Å². The van der Waals surface area contributed by atoms with Crippen LogP contribution in [0.15, 0.2) is 53.5 Å². The van der Waals surface area contributed by atoms with Crippen LogP contribution >= 0.6 is 15.9 Å². The van der Waals surface area contributed by atoms with Gasteiger partial charge in [-0.25, -0.2) is 0 Å². The number of anilines is 2. The maximum atomic E-state index is 12.2. The fourth-order valence-electron chi connectivity index (χ4n) is 2.20. The molecule has 5 heteroatoms. The van der Waals surface area contributed by atoms with Crippen LogP contribution in [0.5, 0.6) is 0 Å². The summed E-state index contributed by atoms with van der Waals surface area (Å²) in [5.41, 5.74) is 4.50. The lowest BCUT2D eigenvalue weighted by Crippen LogP contribution is -2.15. The van der Waals surface area contributed by atoms with E-state index in [4.69, 9.17) is 0 Å². The highest BCUT2D eigenvalue weighted by Gasteiger charge is 2.09. The zero-order chi connectivity index (χ0) is 17.7. The summed E-state index contributed by atoms with van der Waals surface area (Å²) in [6, 6.07) is 11.0. The van der Waals surface area contributed by atoms with E-state index in [1.54, 1.807) is 12.1 Å². The fraction of sp³-hybridized carbons (Fsp3) is 0.158. The molecule has 2 aromatic rings. The van der Waals surface area contributed by atoms with Crippen molar-refractivity contribution in [2.45, 2.75) is 20.3 Å². The van der Waals surface area contributed by atoms with Gasteiger partial charge in [0.25, 0.3) is 0 Å². The van der Waals surface area contributed by atoms with Crippen molar-refractivity contribution in [1.29, 1.82) is 0 Å². The van der Waals surface area contributed by atoms with Gasteiger partial charge in [0.05, 0.1) is 6.42 Å². The van der Waals surface area contributed by atoms with E-state index >= 15 is 0 Å². The summed E-state index contributed by atoms with van der Waals surface area (Å²) in [6.45, 7) is 7.39. The Kier molecular flexibility index (Phi) is 5.93. The summed E-state index contributed by atoms with van der Waals surface area (Å²) in [5, 5.41) is 5.61. The van der Waals surface area contributed by atoms with Gasteiger partial charge in [0.15, 0.2) is 0 Å². The van der Waals surface area contributed by atoms with Gasteiger partial charge in [-0.1, -0.05) is 34.6 Å². The number of nitrogens with one attached hydrogen (secondary N) is 2. The Morgan fingerprint density at radius 2 is 1.71 bits per heavy atom. The van der Waals surface area contributed by atoms with Crippen LogP contribution in [0, 0.1) is 13.8 Å². The lowest BCUT2D eigenvalue weighted by molar-refractivity contribution is -0.115. The van der Waals surface area contributed by atoms with Crippen LogP contribution in [0.2, 0.25) is 0 Å². The summed E-state index contributed by atoms with van der Waals surface area (Å²) in [6.07, 6.45) is 1.48. The summed E-state index contributed by atoms with van der Waals surface area (Å²) in [5.74, 6) is -0.343. The zero-order valence-electron chi connectivity index (χ0n) is 13.7. The summed E-state index contributed by atoms with van der Waals surface area (Å²) in [4.78, 5) is 23.5. The fourth-order valence-corrected chi connectivity index (χ4v) is 2.63. The molecule has 0 unspecified atom stereocenters. The molecule has 0 radical (unpaired) electrons. The van der Waals surface area contributed by atoms with Crippen molar-refractivity contribution in [2.75, 3.05) is 10.6 Å². The molecule has 0 aliphatic heterocycles. The Morgan fingerprint density at radius 3 is 2.33 bits per heavy atom. The predicted octanol–water partition coefficient (Wildman–Crippen LogP) is 4.37. The SMILES string of the molecule is C=CC(=O)Nc1ccc(CC(=O)Nc2ccc(Br)c(C)c2C)cc1. The third-order valence-corrected chi connectivity index (χ3v) is 4.63. The average Bonchev–Trinajstić information content (AvgIpc) is 2.57. The van der Waals surface area contributed by atoms with Crippen molar-refractivity contribution in [3.63, 3.8) is 0 Å². The topological polar surface area (TPSA) is 58.2 Å². The minimum Gasteiger partial charge on any atom is -0.326 e. The molecule has 0 aliphatic rings. The van der Waals surface area contributed by atoms with Crippen molar-refractivity contribution in [3.8, 4) is 0 Å². The summed E-state index contributed by atoms with van der Waals surface area (Å²) >= 11 is 3.48. The molecule has 0 saturated carbocycles. The molecule has 24 heavy (non-hydrogen) atoms. The van der Waals surface area contributed by atoms with Gasteiger partial charge in [-0.15, -0.1) is 0 Å². The Labute approximate surface area is 150 Å². The normalized spacial score (nSPS) is 10.1. The van der Waals surface area contributed by atoms with E-state index in [0.29, 0.717) is 5.69 Å². The maximum absolute atomic E-state index is 12.2. The van der Waals surface area contributed by atoms with E-state index in [0.717, 1.165) is 26.9 Å². The van der Waals surface area contributed by atoms with Crippen LogP contribution in [-0.2, 0) is 16.0 Å². The van der Waals surface area contributed by atoms with Crippen LogP contribution in [0.4, 0.5) is 11.4 Å². The first-order valence-electron chi connectivity index (χ1n) is 7.48. The van der Waals surface area contributed by atoms with Crippen molar-refractivity contribution in [3.05, 3.63) is 70.2 Å². The van der Waals surface area contributed by atoms with Gasteiger partial charge >= 0.3 is 0 Å². The third kappa shape index (κ3) is 4.55. The minimum atomic E-state index is -0.262. The number of hydrogen-bond donors (Lipinski definition) is 2. The molecule has 0 spiro atoms. The molecule has 0 saturated heterocycles. The van der Waals surface area contributed by atoms with Crippen LogP contribution in [-0.4, -0.2) is 11.8 Å². The molecule has 0 aromatic heterocycles. The van der Waals surface area contributed by atoms with Gasteiger partial charge in [-0.2, -0.15) is 0 Å². The van der Waals surface area contributed by atoms with E-state index in [-0.39, 0.29) is 18.2 Å². The highest BCUT2D eigenvalue weighted by atomic mass is 79.9.